The largest absolute Gasteiger partial charge is 0.422 e. The summed E-state index contributed by atoms with van der Waals surface area (Å²) in [4.78, 5) is 12.4. The highest BCUT2D eigenvalue weighted by Crippen LogP contribution is 2.18. The maximum absolute atomic E-state index is 11.8. The fourth-order valence-electron chi connectivity index (χ4n) is 1.34. The van der Waals surface area contributed by atoms with E-state index in [4.69, 9.17) is 11.2 Å². The number of aryl methyl sites for hydroxylation is 1. The first kappa shape index (κ1) is 11.4. The first-order chi connectivity index (χ1) is 8.19. The van der Waals surface area contributed by atoms with E-state index in [0.29, 0.717) is 16.2 Å². The van der Waals surface area contributed by atoms with Crippen LogP contribution in [0, 0.1) is 19.3 Å². The van der Waals surface area contributed by atoms with E-state index >= 15 is 0 Å². The second-order valence-corrected chi connectivity index (χ2v) is 4.46. The highest BCUT2D eigenvalue weighted by atomic mass is 32.1. The highest BCUT2D eigenvalue weighted by Gasteiger charge is 2.10. The molecular formula is C14H10O2S. The minimum absolute atomic E-state index is 0.350. The molecule has 0 aliphatic carbocycles. The van der Waals surface area contributed by atoms with Crippen molar-refractivity contribution in [3.63, 3.8) is 0 Å². The molecule has 0 atom stereocenters. The van der Waals surface area contributed by atoms with Gasteiger partial charge in [-0.1, -0.05) is 12.0 Å². The van der Waals surface area contributed by atoms with Gasteiger partial charge in [-0.05, 0) is 42.1 Å². The third-order valence-corrected chi connectivity index (χ3v) is 3.17. The molecule has 0 saturated carbocycles. The monoisotopic (exact) mass is 242 g/mol. The lowest BCUT2D eigenvalue weighted by Gasteiger charge is -2.02. The van der Waals surface area contributed by atoms with Crippen LogP contribution in [-0.4, -0.2) is 5.97 Å². The van der Waals surface area contributed by atoms with Gasteiger partial charge in [0.2, 0.25) is 0 Å². The first-order valence-electron chi connectivity index (χ1n) is 5.03. The van der Waals surface area contributed by atoms with Gasteiger partial charge >= 0.3 is 5.97 Å². The van der Waals surface area contributed by atoms with E-state index in [1.165, 1.54) is 11.3 Å². The molecule has 0 bridgehead atoms. The molecule has 1 aromatic carbocycles. The molecule has 1 heterocycles. The quantitative estimate of drug-likeness (QED) is 0.459. The van der Waals surface area contributed by atoms with Crippen LogP contribution in [-0.2, 0) is 0 Å². The smallest absolute Gasteiger partial charge is 0.353 e. The van der Waals surface area contributed by atoms with E-state index in [-0.39, 0.29) is 5.97 Å². The summed E-state index contributed by atoms with van der Waals surface area (Å²) < 4.78 is 5.23. The Hall–Kier alpha value is -2.05. The molecule has 2 rings (SSSR count). The van der Waals surface area contributed by atoms with E-state index in [1.807, 2.05) is 12.3 Å². The van der Waals surface area contributed by atoms with Crippen LogP contribution in [0.5, 0.6) is 5.75 Å². The molecule has 0 aliphatic rings. The topological polar surface area (TPSA) is 26.3 Å². The molecule has 1 aromatic heterocycles. The summed E-state index contributed by atoms with van der Waals surface area (Å²) >= 11 is 1.37. The molecule has 0 spiro atoms. The van der Waals surface area contributed by atoms with Gasteiger partial charge in [0.05, 0.1) is 0 Å². The summed E-state index contributed by atoms with van der Waals surface area (Å²) in [6, 6.07) is 8.72. The molecule has 17 heavy (non-hydrogen) atoms. The fourth-order valence-corrected chi connectivity index (χ4v) is 2.12. The Bertz CT molecular complexity index is 590. The average Bonchev–Trinajstić information content (AvgIpc) is 2.76. The molecule has 0 fully saturated rings. The molecule has 0 aliphatic heterocycles. The Morgan fingerprint density at radius 1 is 1.41 bits per heavy atom. The second-order valence-electron chi connectivity index (χ2n) is 3.55. The number of terminal acetylenes is 1. The normalized spacial score (nSPS) is 9.65. The third-order valence-electron chi connectivity index (χ3n) is 2.14. The third kappa shape index (κ3) is 2.74. The van der Waals surface area contributed by atoms with Crippen LogP contribution in [0.4, 0.5) is 0 Å². The van der Waals surface area contributed by atoms with Gasteiger partial charge in [0, 0.05) is 5.56 Å². The number of benzene rings is 1. The molecule has 84 valence electrons. The summed E-state index contributed by atoms with van der Waals surface area (Å²) in [5, 5.41) is 1.91. The maximum atomic E-state index is 11.8. The predicted molar refractivity (Wildman–Crippen MR) is 68.4 cm³/mol. The Morgan fingerprint density at radius 2 is 2.24 bits per heavy atom. The van der Waals surface area contributed by atoms with Gasteiger partial charge in [0.1, 0.15) is 10.6 Å². The lowest BCUT2D eigenvalue weighted by Crippen LogP contribution is -2.06. The van der Waals surface area contributed by atoms with Gasteiger partial charge in [-0.15, -0.1) is 17.8 Å². The second kappa shape index (κ2) is 4.86. The summed E-state index contributed by atoms with van der Waals surface area (Å²) in [5.74, 6) is 2.62. The molecule has 0 amide bonds. The number of carbonyl (C=O) groups excluding carboxylic acids is 1. The Balaban J connectivity index is 2.16. The van der Waals surface area contributed by atoms with E-state index in [2.05, 4.69) is 5.92 Å². The molecule has 0 saturated heterocycles. The van der Waals surface area contributed by atoms with Gasteiger partial charge in [-0.25, -0.2) is 4.79 Å². The molecular weight excluding hydrogens is 232 g/mol. The highest BCUT2D eigenvalue weighted by molar-refractivity contribution is 7.12. The standard InChI is InChI=1S/C14H10O2S/c1-3-11-5-4-6-12(8-11)16-14(15)13-7-10(2)9-17-13/h1,4-9H,2H3. The van der Waals surface area contributed by atoms with Crippen molar-refractivity contribution < 1.29 is 9.53 Å². The van der Waals surface area contributed by atoms with Gasteiger partial charge in [-0.3, -0.25) is 0 Å². The van der Waals surface area contributed by atoms with Crippen molar-refractivity contribution in [1.29, 1.82) is 0 Å². The number of esters is 1. The minimum atomic E-state index is -0.350. The Kier molecular flexibility index (Phi) is 3.27. The lowest BCUT2D eigenvalue weighted by atomic mass is 10.2. The first-order valence-corrected chi connectivity index (χ1v) is 5.91. The fraction of sp³-hybridized carbons (Fsp3) is 0.0714. The molecule has 2 nitrogen and oxygen atoms in total. The number of ether oxygens (including phenoxy) is 1. The van der Waals surface area contributed by atoms with Crippen molar-refractivity contribution in [1.82, 2.24) is 0 Å². The van der Waals surface area contributed by atoms with Crippen molar-refractivity contribution in [2.75, 3.05) is 0 Å². The summed E-state index contributed by atoms with van der Waals surface area (Å²) in [6.45, 7) is 1.94. The number of hydrogen-bond donors (Lipinski definition) is 0. The number of thiophene rings is 1. The van der Waals surface area contributed by atoms with Crippen molar-refractivity contribution in [2.45, 2.75) is 6.92 Å². The SMILES string of the molecule is C#Cc1cccc(OC(=O)c2cc(C)cs2)c1. The summed E-state index contributed by atoms with van der Waals surface area (Å²) in [5.41, 5.74) is 1.75. The number of hydrogen-bond acceptors (Lipinski definition) is 3. The van der Waals surface area contributed by atoms with E-state index in [0.717, 1.165) is 5.56 Å². The minimum Gasteiger partial charge on any atom is -0.422 e. The van der Waals surface area contributed by atoms with Crippen molar-refractivity contribution in [2.24, 2.45) is 0 Å². The predicted octanol–water partition coefficient (Wildman–Crippen LogP) is 3.26. The zero-order valence-corrected chi connectivity index (χ0v) is 10.1. The van der Waals surface area contributed by atoms with Crippen LogP contribution < -0.4 is 4.74 Å². The van der Waals surface area contributed by atoms with Crippen molar-refractivity contribution >= 4 is 17.3 Å². The van der Waals surface area contributed by atoms with E-state index in [1.54, 1.807) is 30.3 Å². The molecule has 2 aromatic rings. The summed E-state index contributed by atoms with van der Waals surface area (Å²) in [6.07, 6.45) is 5.28. The van der Waals surface area contributed by atoms with E-state index < -0.39 is 0 Å². The van der Waals surface area contributed by atoms with Crippen LogP contribution in [0.25, 0.3) is 0 Å². The molecule has 0 N–H and O–H groups in total. The van der Waals surface area contributed by atoms with Crippen molar-refractivity contribution in [3.8, 4) is 18.1 Å². The zero-order chi connectivity index (χ0) is 12.3. The van der Waals surface area contributed by atoms with Crippen LogP contribution in [0.3, 0.4) is 0 Å². The van der Waals surface area contributed by atoms with Crippen molar-refractivity contribution in [3.05, 3.63) is 51.7 Å². The summed E-state index contributed by atoms with van der Waals surface area (Å²) in [7, 11) is 0. The number of carbonyl (C=O) groups is 1. The maximum Gasteiger partial charge on any atom is 0.353 e. The molecule has 0 radical (unpaired) electrons. The average molecular weight is 242 g/mol. The molecule has 3 heteroatoms. The number of rotatable bonds is 2. The van der Waals surface area contributed by atoms with E-state index in [9.17, 15) is 4.79 Å². The Labute approximate surface area is 104 Å². The van der Waals surface area contributed by atoms with Crippen LogP contribution in [0.15, 0.2) is 35.7 Å². The Morgan fingerprint density at radius 3 is 2.88 bits per heavy atom. The van der Waals surface area contributed by atoms with Crippen LogP contribution in [0.1, 0.15) is 20.8 Å². The zero-order valence-electron chi connectivity index (χ0n) is 9.27. The van der Waals surface area contributed by atoms with Gasteiger partial charge in [-0.2, -0.15) is 0 Å². The van der Waals surface area contributed by atoms with Gasteiger partial charge < -0.3 is 4.74 Å². The lowest BCUT2D eigenvalue weighted by molar-refractivity contribution is 0.0740. The van der Waals surface area contributed by atoms with Crippen LogP contribution >= 0.6 is 11.3 Å². The van der Waals surface area contributed by atoms with Crippen LogP contribution in [0.2, 0.25) is 0 Å². The van der Waals surface area contributed by atoms with Gasteiger partial charge in [0.25, 0.3) is 0 Å². The molecule has 0 unspecified atom stereocenters. The van der Waals surface area contributed by atoms with Gasteiger partial charge in [0.15, 0.2) is 0 Å².